The molecule has 0 amide bonds. The van der Waals surface area contributed by atoms with Crippen molar-refractivity contribution in [1.29, 1.82) is 0 Å². The Balaban J connectivity index is 1.97. The summed E-state index contributed by atoms with van der Waals surface area (Å²) >= 11 is 0. The van der Waals surface area contributed by atoms with Crippen LogP contribution in [-0.4, -0.2) is 31.8 Å². The Bertz CT molecular complexity index is 1100. The summed E-state index contributed by atoms with van der Waals surface area (Å²) in [6.45, 7) is 0. The van der Waals surface area contributed by atoms with Crippen molar-refractivity contribution < 1.29 is 4.74 Å². The number of H-pyrrole nitrogens is 1. The molecule has 0 saturated carbocycles. The van der Waals surface area contributed by atoms with Crippen molar-refractivity contribution in [2.45, 2.75) is 0 Å². The van der Waals surface area contributed by atoms with Crippen molar-refractivity contribution in [3.8, 4) is 17.1 Å². The zero-order valence-electron chi connectivity index (χ0n) is 12.6. The lowest BCUT2D eigenvalue weighted by molar-refractivity contribution is 0.421. The van der Waals surface area contributed by atoms with Crippen molar-refractivity contribution >= 4 is 21.9 Å². The predicted octanol–water partition coefficient (Wildman–Crippen LogP) is 1.88. The van der Waals surface area contributed by atoms with Crippen molar-refractivity contribution in [3.63, 3.8) is 0 Å². The molecule has 0 unspecified atom stereocenters. The lowest BCUT2D eigenvalue weighted by atomic mass is 10.1. The van der Waals surface area contributed by atoms with Crippen molar-refractivity contribution in [2.75, 3.05) is 7.11 Å². The van der Waals surface area contributed by atoms with Gasteiger partial charge in [-0.3, -0.25) is 9.48 Å². The lowest BCUT2D eigenvalue weighted by Gasteiger charge is -2.08. The first-order valence-electron chi connectivity index (χ1n) is 7.02. The number of ether oxygens (including phenoxy) is 1. The zero-order valence-corrected chi connectivity index (χ0v) is 12.6. The van der Waals surface area contributed by atoms with E-state index in [0.29, 0.717) is 22.6 Å². The molecule has 3 aromatic heterocycles. The van der Waals surface area contributed by atoms with Crippen LogP contribution in [0.4, 0.5) is 0 Å². The fraction of sp³-hybridized carbons (Fsp3) is 0.125. The fourth-order valence-corrected chi connectivity index (χ4v) is 2.66. The van der Waals surface area contributed by atoms with Gasteiger partial charge in [0.2, 0.25) is 5.56 Å². The van der Waals surface area contributed by atoms with Gasteiger partial charge < -0.3 is 9.72 Å². The van der Waals surface area contributed by atoms with Crippen molar-refractivity contribution in [1.82, 2.24) is 24.7 Å². The highest BCUT2D eigenvalue weighted by Crippen LogP contribution is 2.34. The summed E-state index contributed by atoms with van der Waals surface area (Å²) in [5.74, 6) is 1.21. The van der Waals surface area contributed by atoms with Gasteiger partial charge in [0.15, 0.2) is 5.82 Å². The first-order valence-corrected chi connectivity index (χ1v) is 7.02. The van der Waals surface area contributed by atoms with Gasteiger partial charge in [0.1, 0.15) is 5.75 Å². The quantitative estimate of drug-likeness (QED) is 0.611. The first-order chi connectivity index (χ1) is 11.2. The van der Waals surface area contributed by atoms with Gasteiger partial charge in [0.05, 0.1) is 40.8 Å². The van der Waals surface area contributed by atoms with Crippen LogP contribution in [0.1, 0.15) is 0 Å². The number of benzene rings is 1. The second-order valence-electron chi connectivity index (χ2n) is 5.20. The molecule has 0 radical (unpaired) electrons. The Labute approximate surface area is 130 Å². The van der Waals surface area contributed by atoms with Crippen molar-refractivity contribution in [2.24, 2.45) is 7.05 Å². The minimum Gasteiger partial charge on any atom is -0.495 e. The Morgan fingerprint density at radius 1 is 1.17 bits per heavy atom. The van der Waals surface area contributed by atoms with Crippen LogP contribution in [0.15, 0.2) is 41.5 Å². The lowest BCUT2D eigenvalue weighted by Crippen LogP contribution is -2.04. The van der Waals surface area contributed by atoms with Gasteiger partial charge in [-0.2, -0.15) is 5.10 Å². The summed E-state index contributed by atoms with van der Waals surface area (Å²) in [6.07, 6.45) is 3.50. The molecular weight excluding hydrogens is 294 g/mol. The third-order valence-corrected chi connectivity index (χ3v) is 3.67. The number of aromatic amines is 1. The Morgan fingerprint density at radius 2 is 2.00 bits per heavy atom. The maximum absolute atomic E-state index is 11.3. The van der Waals surface area contributed by atoms with Crippen LogP contribution in [0.25, 0.3) is 33.3 Å². The van der Waals surface area contributed by atoms with Crippen LogP contribution in [0.3, 0.4) is 0 Å². The largest absolute Gasteiger partial charge is 0.495 e. The Hall–Kier alpha value is -3.22. The van der Waals surface area contributed by atoms with Gasteiger partial charge in [0.25, 0.3) is 0 Å². The smallest absolute Gasteiger partial charge is 0.248 e. The molecule has 7 nitrogen and oxygen atoms in total. The van der Waals surface area contributed by atoms with E-state index in [1.807, 2.05) is 25.4 Å². The molecule has 114 valence electrons. The standard InChI is InChI=1S/C16H13N5O2/c1-21-8-10-11(20-21)4-3-9(15(10)23-2)16-17-7-13-12(19-16)5-6-14(22)18-13/h3-8H,1-2H3,(H,18,22). The number of hydrogen-bond donors (Lipinski definition) is 1. The molecule has 0 spiro atoms. The number of hydrogen-bond acceptors (Lipinski definition) is 5. The van der Waals surface area contributed by atoms with Gasteiger partial charge in [-0.15, -0.1) is 0 Å². The molecule has 0 aliphatic carbocycles. The number of aryl methyl sites for hydroxylation is 1. The van der Waals surface area contributed by atoms with Crippen LogP contribution >= 0.6 is 0 Å². The monoisotopic (exact) mass is 307 g/mol. The average Bonchev–Trinajstić information content (AvgIpc) is 2.93. The molecule has 0 saturated heterocycles. The predicted molar refractivity (Wildman–Crippen MR) is 86.4 cm³/mol. The molecule has 0 fully saturated rings. The maximum atomic E-state index is 11.3. The fourth-order valence-electron chi connectivity index (χ4n) is 2.66. The molecule has 1 aromatic carbocycles. The van der Waals surface area contributed by atoms with Gasteiger partial charge in [0, 0.05) is 19.3 Å². The second-order valence-corrected chi connectivity index (χ2v) is 5.20. The highest BCUT2D eigenvalue weighted by Gasteiger charge is 2.15. The van der Waals surface area contributed by atoms with Gasteiger partial charge >= 0.3 is 0 Å². The third-order valence-electron chi connectivity index (χ3n) is 3.67. The molecule has 0 aliphatic rings. The Morgan fingerprint density at radius 3 is 2.83 bits per heavy atom. The number of nitrogens with zero attached hydrogens (tertiary/aromatic N) is 4. The number of fused-ring (bicyclic) bond motifs is 2. The normalized spacial score (nSPS) is 11.2. The topological polar surface area (TPSA) is 85.7 Å². The number of methoxy groups -OCH3 is 1. The van der Waals surface area contributed by atoms with E-state index in [1.165, 1.54) is 6.07 Å². The average molecular weight is 307 g/mol. The second kappa shape index (κ2) is 4.91. The molecule has 4 rings (SSSR count). The first kappa shape index (κ1) is 13.4. The SMILES string of the molecule is COc1c(-c2ncc3[nH]c(=O)ccc3n2)ccc2nn(C)cc12. The number of pyridine rings is 1. The number of aromatic nitrogens is 5. The molecule has 4 aromatic rings. The third kappa shape index (κ3) is 2.13. The summed E-state index contributed by atoms with van der Waals surface area (Å²) in [5, 5.41) is 5.27. The van der Waals surface area contributed by atoms with Crippen LogP contribution in [0.2, 0.25) is 0 Å². The van der Waals surface area contributed by atoms with E-state index in [9.17, 15) is 4.79 Å². The number of nitrogens with one attached hydrogen (secondary N) is 1. The zero-order chi connectivity index (χ0) is 16.0. The van der Waals surface area contributed by atoms with Crippen LogP contribution in [-0.2, 0) is 7.05 Å². The van der Waals surface area contributed by atoms with Crippen LogP contribution in [0, 0.1) is 0 Å². The van der Waals surface area contributed by atoms with E-state index >= 15 is 0 Å². The van der Waals surface area contributed by atoms with Crippen LogP contribution < -0.4 is 10.3 Å². The molecular formula is C16H13N5O2. The minimum atomic E-state index is -0.178. The summed E-state index contributed by atoms with van der Waals surface area (Å²) in [6, 6.07) is 6.92. The molecule has 1 N–H and O–H groups in total. The molecule has 0 atom stereocenters. The summed E-state index contributed by atoms with van der Waals surface area (Å²) in [7, 11) is 3.48. The van der Waals surface area contributed by atoms with E-state index in [0.717, 1.165) is 16.5 Å². The van der Waals surface area contributed by atoms with E-state index in [2.05, 4.69) is 20.1 Å². The van der Waals surface area contributed by atoms with Crippen LogP contribution in [0.5, 0.6) is 5.75 Å². The van der Waals surface area contributed by atoms with Crippen molar-refractivity contribution in [3.05, 3.63) is 47.0 Å². The molecule has 23 heavy (non-hydrogen) atoms. The maximum Gasteiger partial charge on any atom is 0.248 e. The molecule has 7 heteroatoms. The summed E-state index contributed by atoms with van der Waals surface area (Å²) in [5.41, 5.74) is 2.72. The highest BCUT2D eigenvalue weighted by molar-refractivity contribution is 5.92. The number of rotatable bonds is 2. The van der Waals surface area contributed by atoms with E-state index < -0.39 is 0 Å². The van der Waals surface area contributed by atoms with Gasteiger partial charge in [-0.1, -0.05) is 0 Å². The summed E-state index contributed by atoms with van der Waals surface area (Å²) in [4.78, 5) is 22.9. The minimum absolute atomic E-state index is 0.178. The van der Waals surface area contributed by atoms with E-state index in [1.54, 1.807) is 24.1 Å². The Kier molecular flexibility index (Phi) is 2.87. The van der Waals surface area contributed by atoms with E-state index in [4.69, 9.17) is 4.74 Å². The highest BCUT2D eigenvalue weighted by atomic mass is 16.5. The molecule has 3 heterocycles. The summed E-state index contributed by atoms with van der Waals surface area (Å²) < 4.78 is 7.31. The molecule has 0 bridgehead atoms. The van der Waals surface area contributed by atoms with Gasteiger partial charge in [-0.25, -0.2) is 9.97 Å². The molecule has 0 aliphatic heterocycles. The van der Waals surface area contributed by atoms with Gasteiger partial charge in [-0.05, 0) is 18.2 Å². The van der Waals surface area contributed by atoms with E-state index in [-0.39, 0.29) is 5.56 Å².